The highest BCUT2D eigenvalue weighted by molar-refractivity contribution is 9.10. The number of amides is 1. The molecule has 1 aromatic rings. The molecule has 1 aliphatic heterocycles. The Labute approximate surface area is 91.0 Å². The van der Waals surface area contributed by atoms with Crippen LogP contribution in [0.1, 0.15) is 6.42 Å². The highest BCUT2D eigenvalue weighted by atomic mass is 79.9. The summed E-state index contributed by atoms with van der Waals surface area (Å²) < 4.78 is 1.05. The van der Waals surface area contributed by atoms with Gasteiger partial charge in [-0.3, -0.25) is 4.79 Å². The van der Waals surface area contributed by atoms with Gasteiger partial charge in [0.2, 0.25) is 5.91 Å². The van der Waals surface area contributed by atoms with E-state index in [1.165, 1.54) is 0 Å². The summed E-state index contributed by atoms with van der Waals surface area (Å²) >= 11 is 3.39. The third-order valence-electron chi connectivity index (χ3n) is 3.06. The number of rotatable bonds is 1. The normalized spacial score (nSPS) is 29.2. The van der Waals surface area contributed by atoms with Crippen molar-refractivity contribution in [3.8, 4) is 0 Å². The molecule has 1 amide bonds. The lowest BCUT2D eigenvalue weighted by Gasteiger charge is -2.17. The summed E-state index contributed by atoms with van der Waals surface area (Å²) in [4.78, 5) is 13.7. The van der Waals surface area contributed by atoms with Crippen molar-refractivity contribution >= 4 is 27.5 Å². The van der Waals surface area contributed by atoms with E-state index in [1.54, 1.807) is 0 Å². The predicted molar refractivity (Wildman–Crippen MR) is 58.1 cm³/mol. The first-order valence-corrected chi connectivity index (χ1v) is 5.62. The second-order valence-corrected chi connectivity index (χ2v) is 4.94. The van der Waals surface area contributed by atoms with Gasteiger partial charge in [-0.25, -0.2) is 0 Å². The number of carbonyl (C=O) groups is 1. The number of anilines is 1. The molecule has 2 aliphatic rings. The van der Waals surface area contributed by atoms with Gasteiger partial charge in [0.05, 0.1) is 0 Å². The molecule has 1 saturated carbocycles. The van der Waals surface area contributed by atoms with Crippen LogP contribution in [0.5, 0.6) is 0 Å². The molecule has 0 bridgehead atoms. The summed E-state index contributed by atoms with van der Waals surface area (Å²) in [6.07, 6.45) is 1.12. The largest absolute Gasteiger partial charge is 0.312 e. The van der Waals surface area contributed by atoms with E-state index in [9.17, 15) is 4.79 Å². The fourth-order valence-electron chi connectivity index (χ4n) is 2.13. The summed E-state index contributed by atoms with van der Waals surface area (Å²) in [5, 5.41) is 0. The second kappa shape index (κ2) is 2.83. The summed E-state index contributed by atoms with van der Waals surface area (Å²) in [5.74, 6) is 1.31. The number of halogens is 1. The number of benzene rings is 1. The van der Waals surface area contributed by atoms with Gasteiger partial charge in [0.15, 0.2) is 0 Å². The monoisotopic (exact) mass is 251 g/mol. The molecule has 2 atom stereocenters. The van der Waals surface area contributed by atoms with Crippen LogP contribution in [0.15, 0.2) is 28.7 Å². The topological polar surface area (TPSA) is 20.3 Å². The maximum absolute atomic E-state index is 11.7. The molecule has 3 heteroatoms. The number of fused-ring (bicyclic) bond motifs is 1. The average molecular weight is 252 g/mol. The van der Waals surface area contributed by atoms with Crippen molar-refractivity contribution in [1.29, 1.82) is 0 Å². The van der Waals surface area contributed by atoms with E-state index in [0.717, 1.165) is 23.1 Å². The molecule has 14 heavy (non-hydrogen) atoms. The molecule has 2 unspecified atom stereocenters. The first-order valence-electron chi connectivity index (χ1n) is 4.82. The molecule has 0 spiro atoms. The van der Waals surface area contributed by atoms with E-state index < -0.39 is 0 Å². The number of piperidine rings is 1. The van der Waals surface area contributed by atoms with Crippen LogP contribution < -0.4 is 4.90 Å². The van der Waals surface area contributed by atoms with Gasteiger partial charge in [-0.1, -0.05) is 15.9 Å². The first-order chi connectivity index (χ1) is 6.75. The zero-order valence-corrected chi connectivity index (χ0v) is 9.20. The van der Waals surface area contributed by atoms with Gasteiger partial charge in [-0.05, 0) is 36.6 Å². The maximum atomic E-state index is 11.7. The quantitative estimate of drug-likeness (QED) is 0.751. The summed E-state index contributed by atoms with van der Waals surface area (Å²) in [6, 6.07) is 7.94. The van der Waals surface area contributed by atoms with Crippen LogP contribution in [0, 0.1) is 11.8 Å². The van der Waals surface area contributed by atoms with Crippen molar-refractivity contribution in [2.75, 3.05) is 11.4 Å². The number of hydrogen-bond donors (Lipinski definition) is 0. The lowest BCUT2D eigenvalue weighted by atomic mass is 10.3. The van der Waals surface area contributed by atoms with Gasteiger partial charge in [0, 0.05) is 22.6 Å². The van der Waals surface area contributed by atoms with Crippen LogP contribution in [0.25, 0.3) is 0 Å². The molecule has 2 nitrogen and oxygen atoms in total. The molecule has 0 aromatic heterocycles. The molecule has 1 saturated heterocycles. The smallest absolute Gasteiger partial charge is 0.230 e. The van der Waals surface area contributed by atoms with Crippen molar-refractivity contribution in [3.63, 3.8) is 0 Å². The minimum Gasteiger partial charge on any atom is -0.312 e. The molecule has 0 N–H and O–H groups in total. The summed E-state index contributed by atoms with van der Waals surface area (Å²) in [5.41, 5.74) is 1.03. The fourth-order valence-corrected chi connectivity index (χ4v) is 2.39. The third kappa shape index (κ3) is 1.19. The number of nitrogens with zero attached hydrogens (tertiary/aromatic N) is 1. The highest BCUT2D eigenvalue weighted by Crippen LogP contribution is 2.47. The standard InChI is InChI=1S/C11H10BrNO/c12-8-1-3-9(4-2-8)13-6-7-5-10(7)11(13)14/h1-4,7,10H,5-6H2. The number of hydrogen-bond acceptors (Lipinski definition) is 1. The average Bonchev–Trinajstić information content (AvgIpc) is 2.88. The molecule has 3 rings (SSSR count). The van der Waals surface area contributed by atoms with Crippen LogP contribution >= 0.6 is 15.9 Å². The Morgan fingerprint density at radius 2 is 2.00 bits per heavy atom. The van der Waals surface area contributed by atoms with Crippen LogP contribution in [0.3, 0.4) is 0 Å². The summed E-state index contributed by atoms with van der Waals surface area (Å²) in [7, 11) is 0. The Kier molecular flexibility index (Phi) is 1.71. The zero-order chi connectivity index (χ0) is 9.71. The van der Waals surface area contributed by atoms with Crippen molar-refractivity contribution in [2.24, 2.45) is 11.8 Å². The lowest BCUT2D eigenvalue weighted by Crippen LogP contribution is -2.27. The van der Waals surface area contributed by atoms with Crippen molar-refractivity contribution in [2.45, 2.75) is 6.42 Å². The van der Waals surface area contributed by atoms with Crippen LogP contribution in [0.4, 0.5) is 5.69 Å². The van der Waals surface area contributed by atoms with E-state index >= 15 is 0 Å². The Balaban J connectivity index is 1.89. The van der Waals surface area contributed by atoms with Crippen molar-refractivity contribution in [1.82, 2.24) is 0 Å². The van der Waals surface area contributed by atoms with E-state index in [2.05, 4.69) is 15.9 Å². The molecular formula is C11H10BrNO. The molecule has 0 radical (unpaired) electrons. The van der Waals surface area contributed by atoms with Crippen LogP contribution in [-0.2, 0) is 4.79 Å². The Morgan fingerprint density at radius 1 is 1.29 bits per heavy atom. The van der Waals surface area contributed by atoms with Crippen LogP contribution in [0.2, 0.25) is 0 Å². The molecule has 1 aliphatic carbocycles. The van der Waals surface area contributed by atoms with Gasteiger partial charge >= 0.3 is 0 Å². The van der Waals surface area contributed by atoms with E-state index in [-0.39, 0.29) is 0 Å². The first kappa shape index (κ1) is 8.48. The van der Waals surface area contributed by atoms with Gasteiger partial charge in [-0.2, -0.15) is 0 Å². The van der Waals surface area contributed by atoms with Crippen molar-refractivity contribution in [3.05, 3.63) is 28.7 Å². The fraction of sp³-hybridized carbons (Fsp3) is 0.364. The maximum Gasteiger partial charge on any atom is 0.230 e. The lowest BCUT2D eigenvalue weighted by molar-refractivity contribution is -0.118. The molecule has 2 fully saturated rings. The Bertz CT molecular complexity index is 387. The third-order valence-corrected chi connectivity index (χ3v) is 3.59. The predicted octanol–water partition coefficient (Wildman–Crippen LogP) is 2.43. The highest BCUT2D eigenvalue weighted by Gasteiger charge is 2.52. The van der Waals surface area contributed by atoms with Crippen molar-refractivity contribution < 1.29 is 4.79 Å². The number of carbonyl (C=O) groups excluding carboxylic acids is 1. The minimum absolute atomic E-state index is 0.317. The minimum atomic E-state index is 0.317. The van der Waals surface area contributed by atoms with Gasteiger partial charge in [0.25, 0.3) is 0 Å². The second-order valence-electron chi connectivity index (χ2n) is 4.03. The van der Waals surface area contributed by atoms with E-state index in [1.807, 2.05) is 29.2 Å². The Hall–Kier alpha value is -0.830. The van der Waals surface area contributed by atoms with E-state index in [0.29, 0.717) is 17.7 Å². The molecule has 1 aromatic carbocycles. The zero-order valence-electron chi connectivity index (χ0n) is 7.61. The molecule has 72 valence electrons. The molecule has 1 heterocycles. The van der Waals surface area contributed by atoms with Gasteiger partial charge in [-0.15, -0.1) is 0 Å². The summed E-state index contributed by atoms with van der Waals surface area (Å²) in [6.45, 7) is 0.922. The van der Waals surface area contributed by atoms with Gasteiger partial charge < -0.3 is 4.90 Å². The van der Waals surface area contributed by atoms with Crippen LogP contribution in [-0.4, -0.2) is 12.5 Å². The van der Waals surface area contributed by atoms with E-state index in [4.69, 9.17) is 0 Å². The Morgan fingerprint density at radius 3 is 2.57 bits per heavy atom. The van der Waals surface area contributed by atoms with Gasteiger partial charge in [0.1, 0.15) is 0 Å². The molecular weight excluding hydrogens is 242 g/mol. The SMILES string of the molecule is O=C1C2CC2CN1c1ccc(Br)cc1.